The van der Waals surface area contributed by atoms with Crippen LogP contribution in [0.1, 0.15) is 77.5 Å². The lowest BCUT2D eigenvalue weighted by Gasteiger charge is -2.42. The van der Waals surface area contributed by atoms with Gasteiger partial charge >= 0.3 is 0 Å². The summed E-state index contributed by atoms with van der Waals surface area (Å²) in [5.74, 6) is 1.90. The number of amides is 1. The van der Waals surface area contributed by atoms with Gasteiger partial charge in [-0.1, -0.05) is 39.0 Å². The number of piperidine rings is 1. The van der Waals surface area contributed by atoms with Crippen molar-refractivity contribution in [2.24, 2.45) is 11.8 Å². The van der Waals surface area contributed by atoms with Gasteiger partial charge in [0.15, 0.2) is 0 Å². The minimum absolute atomic E-state index is 0.124. The third-order valence-electron chi connectivity index (χ3n) is 7.68. The Bertz CT molecular complexity index is 839. The minimum atomic E-state index is 0.124. The molecule has 30 heavy (non-hydrogen) atoms. The molecule has 1 aromatic carbocycles. The summed E-state index contributed by atoms with van der Waals surface area (Å²) in [5.41, 5.74) is 2.56. The number of para-hydroxylation sites is 1. The van der Waals surface area contributed by atoms with E-state index in [9.17, 15) is 4.79 Å². The normalized spacial score (nSPS) is 23.9. The monoisotopic (exact) mass is 409 g/mol. The Balaban J connectivity index is 1.43. The molecule has 1 N–H and O–H groups in total. The van der Waals surface area contributed by atoms with Gasteiger partial charge in [0.25, 0.3) is 0 Å². The van der Waals surface area contributed by atoms with E-state index in [-0.39, 0.29) is 5.91 Å². The van der Waals surface area contributed by atoms with Crippen LogP contribution < -0.4 is 5.32 Å². The molecule has 2 aromatic rings. The maximum Gasteiger partial charge on any atom is 0.220 e. The third kappa shape index (κ3) is 4.59. The summed E-state index contributed by atoms with van der Waals surface area (Å²) < 4.78 is 2.53. The van der Waals surface area contributed by atoms with Crippen molar-refractivity contribution < 1.29 is 4.79 Å². The van der Waals surface area contributed by atoms with Crippen molar-refractivity contribution in [1.29, 1.82) is 0 Å². The van der Waals surface area contributed by atoms with Crippen LogP contribution in [-0.2, 0) is 11.3 Å². The molecule has 1 amide bonds. The Morgan fingerprint density at radius 1 is 1.03 bits per heavy atom. The molecule has 0 unspecified atom stereocenters. The first-order chi connectivity index (χ1) is 14.6. The van der Waals surface area contributed by atoms with Crippen LogP contribution in [0.4, 0.5) is 0 Å². The van der Waals surface area contributed by atoms with Crippen LogP contribution in [0.5, 0.6) is 0 Å². The second-order valence-corrected chi connectivity index (χ2v) is 9.77. The van der Waals surface area contributed by atoms with Gasteiger partial charge < -0.3 is 14.8 Å². The molecule has 1 aromatic heterocycles. The minimum Gasteiger partial charge on any atom is -0.351 e. The molecule has 4 nitrogen and oxygen atoms in total. The molecule has 0 bridgehead atoms. The van der Waals surface area contributed by atoms with Gasteiger partial charge in [-0.15, -0.1) is 0 Å². The molecule has 2 aliphatic rings. The molecule has 0 atom stereocenters. The summed E-state index contributed by atoms with van der Waals surface area (Å²) in [6.45, 7) is 9.72. The maximum atomic E-state index is 11.8. The number of aromatic nitrogens is 1. The number of hydrogen-bond donors (Lipinski definition) is 1. The second-order valence-electron chi connectivity index (χ2n) is 9.77. The SMILES string of the molecule is CCC(=O)NCc1cc2ccccc2n1C1CCN([C@H]2CC[C@@H](C(C)C)CC2)CC1. The molecule has 2 fully saturated rings. The van der Waals surface area contributed by atoms with Gasteiger partial charge in [0.2, 0.25) is 5.91 Å². The fraction of sp³-hybridized carbons (Fsp3) is 0.654. The van der Waals surface area contributed by atoms with Crippen LogP contribution in [0.3, 0.4) is 0 Å². The average molecular weight is 410 g/mol. The van der Waals surface area contributed by atoms with Crippen LogP contribution in [-0.4, -0.2) is 34.5 Å². The average Bonchev–Trinajstić information content (AvgIpc) is 3.16. The number of benzene rings is 1. The molecule has 4 heteroatoms. The fourth-order valence-corrected chi connectivity index (χ4v) is 5.76. The number of likely N-dealkylation sites (tertiary alicyclic amines) is 1. The number of carbonyl (C=O) groups is 1. The Labute approximate surface area is 182 Å². The van der Waals surface area contributed by atoms with Crippen molar-refractivity contribution in [3.8, 4) is 0 Å². The lowest BCUT2D eigenvalue weighted by Crippen LogP contribution is -2.44. The quantitative estimate of drug-likeness (QED) is 0.682. The highest BCUT2D eigenvalue weighted by Gasteiger charge is 2.31. The van der Waals surface area contributed by atoms with Crippen molar-refractivity contribution in [2.45, 2.75) is 84.3 Å². The van der Waals surface area contributed by atoms with Crippen molar-refractivity contribution in [1.82, 2.24) is 14.8 Å². The predicted molar refractivity (Wildman–Crippen MR) is 125 cm³/mol. The van der Waals surface area contributed by atoms with Crippen molar-refractivity contribution in [3.63, 3.8) is 0 Å². The summed E-state index contributed by atoms with van der Waals surface area (Å²) >= 11 is 0. The van der Waals surface area contributed by atoms with E-state index >= 15 is 0 Å². The molecule has 1 aliphatic heterocycles. The smallest absolute Gasteiger partial charge is 0.220 e. The standard InChI is InChI=1S/C26H39N3O/c1-4-26(30)27-18-24-17-21-7-5-6-8-25(21)29(24)23-13-15-28(16-14-23)22-11-9-20(10-12-22)19(2)3/h5-8,17,19-20,22-23H,4,9-16,18H2,1-3H3,(H,27,30)/t20-,22+. The topological polar surface area (TPSA) is 37.3 Å². The summed E-state index contributed by atoms with van der Waals surface area (Å²) in [7, 11) is 0. The molecule has 164 valence electrons. The van der Waals surface area contributed by atoms with Crippen molar-refractivity contribution in [2.75, 3.05) is 13.1 Å². The Hall–Kier alpha value is -1.81. The van der Waals surface area contributed by atoms with E-state index in [0.29, 0.717) is 19.0 Å². The molecule has 2 heterocycles. The second kappa shape index (κ2) is 9.55. The maximum absolute atomic E-state index is 11.8. The van der Waals surface area contributed by atoms with Crippen molar-refractivity contribution >= 4 is 16.8 Å². The van der Waals surface area contributed by atoms with Crippen LogP contribution in [0.15, 0.2) is 30.3 Å². The van der Waals surface area contributed by atoms with Gasteiger partial charge in [0.1, 0.15) is 0 Å². The first-order valence-electron chi connectivity index (χ1n) is 12.2. The lowest BCUT2D eigenvalue weighted by atomic mass is 9.79. The van der Waals surface area contributed by atoms with Crippen LogP contribution in [0, 0.1) is 11.8 Å². The molecule has 0 radical (unpaired) electrons. The number of carbonyl (C=O) groups excluding carboxylic acids is 1. The first kappa shape index (κ1) is 21.4. The van der Waals surface area contributed by atoms with E-state index in [4.69, 9.17) is 0 Å². The van der Waals surface area contributed by atoms with E-state index in [1.807, 2.05) is 6.92 Å². The molecular formula is C26H39N3O. The van der Waals surface area contributed by atoms with E-state index in [1.54, 1.807) is 0 Å². The molecule has 4 rings (SSSR count). The van der Waals surface area contributed by atoms with E-state index in [1.165, 1.54) is 68.2 Å². The highest BCUT2D eigenvalue weighted by Crippen LogP contribution is 2.36. The number of rotatable bonds is 6. The largest absolute Gasteiger partial charge is 0.351 e. The Kier molecular flexibility index (Phi) is 6.82. The number of nitrogens with one attached hydrogen (secondary N) is 1. The zero-order valence-electron chi connectivity index (χ0n) is 19.1. The summed E-state index contributed by atoms with van der Waals surface area (Å²) in [5, 5.41) is 4.38. The van der Waals surface area contributed by atoms with Gasteiger partial charge in [0.05, 0.1) is 6.54 Å². The fourth-order valence-electron chi connectivity index (χ4n) is 5.76. The number of hydrogen-bond acceptors (Lipinski definition) is 2. The Morgan fingerprint density at radius 2 is 1.73 bits per heavy atom. The van der Waals surface area contributed by atoms with Gasteiger partial charge in [-0.3, -0.25) is 4.79 Å². The van der Waals surface area contributed by atoms with Gasteiger partial charge in [-0.2, -0.15) is 0 Å². The summed E-state index contributed by atoms with van der Waals surface area (Å²) in [4.78, 5) is 14.6. The molecular weight excluding hydrogens is 370 g/mol. The van der Waals surface area contributed by atoms with Crippen LogP contribution in [0.2, 0.25) is 0 Å². The Morgan fingerprint density at radius 3 is 2.40 bits per heavy atom. The number of nitrogens with zero attached hydrogens (tertiary/aromatic N) is 2. The van der Waals surface area contributed by atoms with Gasteiger partial charge in [0, 0.05) is 42.8 Å². The van der Waals surface area contributed by atoms with E-state index < -0.39 is 0 Å². The molecule has 1 saturated carbocycles. The van der Waals surface area contributed by atoms with Crippen LogP contribution >= 0.6 is 0 Å². The highest BCUT2D eigenvalue weighted by molar-refractivity contribution is 5.82. The van der Waals surface area contributed by atoms with E-state index in [2.05, 4.69) is 59.0 Å². The third-order valence-corrected chi connectivity index (χ3v) is 7.68. The van der Waals surface area contributed by atoms with Gasteiger partial charge in [-0.25, -0.2) is 0 Å². The lowest BCUT2D eigenvalue weighted by molar-refractivity contribution is -0.120. The zero-order valence-corrected chi connectivity index (χ0v) is 19.1. The van der Waals surface area contributed by atoms with Gasteiger partial charge in [-0.05, 0) is 67.9 Å². The highest BCUT2D eigenvalue weighted by atomic mass is 16.1. The van der Waals surface area contributed by atoms with Crippen LogP contribution in [0.25, 0.3) is 10.9 Å². The molecule has 1 aliphatic carbocycles. The first-order valence-corrected chi connectivity index (χ1v) is 12.2. The molecule has 1 saturated heterocycles. The van der Waals surface area contributed by atoms with Crippen molar-refractivity contribution in [3.05, 3.63) is 36.0 Å². The summed E-state index contributed by atoms with van der Waals surface area (Å²) in [6.07, 6.45) is 8.53. The predicted octanol–water partition coefficient (Wildman–Crippen LogP) is 5.52. The summed E-state index contributed by atoms with van der Waals surface area (Å²) in [6, 6.07) is 12.3. The zero-order chi connectivity index (χ0) is 21.1. The molecule has 0 spiro atoms. The van der Waals surface area contributed by atoms with E-state index in [0.717, 1.165) is 17.9 Å². The number of fused-ring (bicyclic) bond motifs is 1.